The van der Waals surface area contributed by atoms with Crippen LogP contribution in [0.4, 0.5) is 5.69 Å². The number of nitrogens with one attached hydrogen (secondary N) is 1. The Morgan fingerprint density at radius 2 is 1.24 bits per heavy atom. The second-order valence-corrected chi connectivity index (χ2v) is 13.7. The molecule has 6 aromatic carbocycles. The van der Waals surface area contributed by atoms with Crippen LogP contribution in [0.5, 0.6) is 0 Å². The van der Waals surface area contributed by atoms with Crippen LogP contribution < -0.4 is 11.1 Å². The van der Waals surface area contributed by atoms with E-state index >= 15 is 0 Å². The lowest BCUT2D eigenvalue weighted by Gasteiger charge is -2.15. The van der Waals surface area contributed by atoms with E-state index in [0.29, 0.717) is 4.99 Å². The fraction of sp³-hybridized carbons (Fsp3) is 0.0256. The Kier molecular flexibility index (Phi) is 7.18. The summed E-state index contributed by atoms with van der Waals surface area (Å²) < 4.78 is 1.19. The predicted octanol–water partition coefficient (Wildman–Crippen LogP) is 10.8. The number of nitrogens with zero attached hydrogens (tertiary/aromatic N) is 1. The van der Waals surface area contributed by atoms with Gasteiger partial charge in [0.25, 0.3) is 0 Å². The van der Waals surface area contributed by atoms with Crippen molar-refractivity contribution in [3.8, 4) is 44.0 Å². The van der Waals surface area contributed by atoms with Gasteiger partial charge in [-0.05, 0) is 99.6 Å². The third-order valence-corrected chi connectivity index (χ3v) is 10.6. The second-order valence-electron chi connectivity index (χ2n) is 11.1. The number of benzene rings is 6. The lowest BCUT2D eigenvalue weighted by Crippen LogP contribution is -2.08. The smallest absolute Gasteiger partial charge is 0.124 e. The number of thiocarbonyl (C=S) groups is 1. The molecule has 0 fully saturated rings. The molecule has 0 bridgehead atoms. The number of hydrogen-bond donors (Lipinski definition) is 2. The first kappa shape index (κ1) is 27.8. The Hall–Kier alpha value is -4.75. The maximum atomic E-state index is 6.03. The number of para-hydroxylation sites is 2. The van der Waals surface area contributed by atoms with E-state index in [1.165, 1.54) is 26.4 Å². The van der Waals surface area contributed by atoms with Crippen molar-refractivity contribution >= 4 is 56.2 Å². The van der Waals surface area contributed by atoms with E-state index in [1.54, 1.807) is 11.3 Å². The minimum absolute atomic E-state index is 0.165. The van der Waals surface area contributed by atoms with Gasteiger partial charge in [-0.2, -0.15) is 0 Å². The van der Waals surface area contributed by atoms with Crippen molar-refractivity contribution in [3.05, 3.63) is 151 Å². The molecule has 1 aliphatic rings. The van der Waals surface area contributed by atoms with Crippen molar-refractivity contribution in [2.24, 2.45) is 5.73 Å². The second kappa shape index (κ2) is 11.6. The highest BCUT2D eigenvalue weighted by Crippen LogP contribution is 2.47. The molecule has 8 rings (SSSR count). The summed E-state index contributed by atoms with van der Waals surface area (Å²) in [6.07, 6.45) is 0. The topological polar surface area (TPSA) is 50.9 Å². The van der Waals surface area contributed by atoms with Crippen molar-refractivity contribution in [3.63, 3.8) is 0 Å². The molecule has 0 radical (unpaired) electrons. The first-order valence-electron chi connectivity index (χ1n) is 14.7. The van der Waals surface area contributed by atoms with Crippen LogP contribution in [0.3, 0.4) is 0 Å². The molecule has 0 spiro atoms. The van der Waals surface area contributed by atoms with Crippen LogP contribution in [0.1, 0.15) is 16.5 Å². The molecule has 216 valence electrons. The maximum Gasteiger partial charge on any atom is 0.124 e. The fourth-order valence-corrected chi connectivity index (χ4v) is 8.05. The van der Waals surface area contributed by atoms with E-state index in [1.807, 2.05) is 30.0 Å². The van der Waals surface area contributed by atoms with Crippen LogP contribution >= 0.6 is 35.3 Å². The zero-order valence-corrected chi connectivity index (χ0v) is 26.6. The van der Waals surface area contributed by atoms with E-state index in [9.17, 15) is 0 Å². The minimum atomic E-state index is 0.165. The number of fused-ring (bicyclic) bond motifs is 2. The average molecular weight is 634 g/mol. The number of thioether (sulfide) groups is 1. The summed E-state index contributed by atoms with van der Waals surface area (Å²) >= 11 is 8.90. The molecule has 0 saturated carbocycles. The van der Waals surface area contributed by atoms with Crippen LogP contribution in [0.2, 0.25) is 0 Å². The van der Waals surface area contributed by atoms with Gasteiger partial charge in [0.15, 0.2) is 0 Å². The average Bonchev–Trinajstić information content (AvgIpc) is 3.73. The largest absolute Gasteiger partial charge is 0.389 e. The van der Waals surface area contributed by atoms with Gasteiger partial charge in [0, 0.05) is 21.7 Å². The lowest BCUT2D eigenvalue weighted by atomic mass is 9.92. The molecular weight excluding hydrogens is 607 g/mol. The van der Waals surface area contributed by atoms with Crippen LogP contribution in [-0.4, -0.2) is 9.97 Å². The van der Waals surface area contributed by atoms with Crippen molar-refractivity contribution < 1.29 is 0 Å². The van der Waals surface area contributed by atoms with E-state index in [2.05, 4.69) is 127 Å². The molecule has 0 saturated heterocycles. The normalized spacial score (nSPS) is 13.8. The van der Waals surface area contributed by atoms with Gasteiger partial charge in [0.05, 0.1) is 10.2 Å². The van der Waals surface area contributed by atoms with E-state index in [-0.39, 0.29) is 5.37 Å². The Labute approximate surface area is 275 Å². The molecule has 1 unspecified atom stereocenters. The highest BCUT2D eigenvalue weighted by atomic mass is 32.2. The monoisotopic (exact) mass is 633 g/mol. The van der Waals surface area contributed by atoms with Gasteiger partial charge < -0.3 is 11.1 Å². The number of rotatable bonds is 6. The molecule has 6 heteroatoms. The highest BCUT2D eigenvalue weighted by Gasteiger charge is 2.22. The molecule has 7 aromatic rings. The number of aromatic nitrogens is 1. The SMILES string of the molecule is NC(=S)c1cccc(-c2cc(-c3cccc(-c4nc5ccccc5s4)c3)cc(-c3cccc(C4Nc5ccccc5S4)c3)c2)c1. The summed E-state index contributed by atoms with van der Waals surface area (Å²) in [7, 11) is 0. The summed E-state index contributed by atoms with van der Waals surface area (Å²) in [5.74, 6) is 0. The third-order valence-electron chi connectivity index (χ3n) is 8.09. The summed E-state index contributed by atoms with van der Waals surface area (Å²) in [6.45, 7) is 0. The molecule has 3 nitrogen and oxygen atoms in total. The summed E-state index contributed by atoms with van der Waals surface area (Å²) in [4.78, 5) is 6.60. The van der Waals surface area contributed by atoms with E-state index in [4.69, 9.17) is 22.9 Å². The van der Waals surface area contributed by atoms with Crippen LogP contribution in [-0.2, 0) is 0 Å². The maximum absolute atomic E-state index is 6.03. The van der Waals surface area contributed by atoms with E-state index < -0.39 is 0 Å². The molecule has 45 heavy (non-hydrogen) atoms. The number of thiazole rings is 1. The first-order valence-corrected chi connectivity index (χ1v) is 16.8. The van der Waals surface area contributed by atoms with Gasteiger partial charge >= 0.3 is 0 Å². The molecule has 0 amide bonds. The predicted molar refractivity (Wildman–Crippen MR) is 196 cm³/mol. The van der Waals surface area contributed by atoms with Crippen molar-refractivity contribution in [1.29, 1.82) is 0 Å². The van der Waals surface area contributed by atoms with Crippen LogP contribution in [0.25, 0.3) is 54.2 Å². The molecule has 1 atom stereocenters. The molecule has 0 aliphatic carbocycles. The fourth-order valence-electron chi connectivity index (χ4n) is 5.83. The number of hydrogen-bond acceptors (Lipinski definition) is 5. The van der Waals surface area contributed by atoms with Gasteiger partial charge in [-0.25, -0.2) is 4.98 Å². The third kappa shape index (κ3) is 5.53. The van der Waals surface area contributed by atoms with Gasteiger partial charge in [0.1, 0.15) is 15.4 Å². The molecule has 2 heterocycles. The van der Waals surface area contributed by atoms with Gasteiger partial charge in [-0.3, -0.25) is 0 Å². The minimum Gasteiger partial charge on any atom is -0.389 e. The molecule has 1 aromatic heterocycles. The Bertz CT molecular complexity index is 2180. The molecule has 1 aliphatic heterocycles. The van der Waals surface area contributed by atoms with Crippen LogP contribution in [0.15, 0.2) is 144 Å². The van der Waals surface area contributed by atoms with Crippen LogP contribution in [0, 0.1) is 0 Å². The van der Waals surface area contributed by atoms with Gasteiger partial charge in [0.2, 0.25) is 0 Å². The molecular formula is C39H27N3S3. The highest BCUT2D eigenvalue weighted by molar-refractivity contribution is 8.00. The summed E-state index contributed by atoms with van der Waals surface area (Å²) in [5.41, 5.74) is 18.2. The van der Waals surface area contributed by atoms with Gasteiger partial charge in [-0.15, -0.1) is 11.3 Å². The summed E-state index contributed by atoms with van der Waals surface area (Å²) in [5, 5.41) is 4.87. The molecule has 3 N–H and O–H groups in total. The number of nitrogens with two attached hydrogens (primary N) is 1. The Balaban J connectivity index is 1.23. The van der Waals surface area contributed by atoms with Gasteiger partial charge in [-0.1, -0.05) is 103 Å². The quantitative estimate of drug-likeness (QED) is 0.179. The Morgan fingerprint density at radius 1 is 0.622 bits per heavy atom. The van der Waals surface area contributed by atoms with Crippen molar-refractivity contribution in [1.82, 2.24) is 4.98 Å². The Morgan fingerprint density at radius 3 is 2.00 bits per heavy atom. The zero-order chi connectivity index (χ0) is 30.3. The lowest BCUT2D eigenvalue weighted by molar-refractivity contribution is 1.13. The summed E-state index contributed by atoms with van der Waals surface area (Å²) in [6, 6.07) is 49.4. The van der Waals surface area contributed by atoms with Crippen molar-refractivity contribution in [2.75, 3.05) is 5.32 Å². The zero-order valence-electron chi connectivity index (χ0n) is 24.1. The van der Waals surface area contributed by atoms with Crippen molar-refractivity contribution in [2.45, 2.75) is 10.3 Å². The standard InChI is InChI=1S/C39H27N3S3/c40-37(43)27-11-5-8-24(18-27)30-21-31(25-9-6-12-28(19-25)38-41-33-14-1-3-16-35(33)44-38)23-32(22-30)26-10-7-13-29(20-26)39-42-34-15-2-4-17-36(34)45-39/h1-23,38,41H,(H2,40,43). The number of anilines is 1. The first-order chi connectivity index (χ1) is 22.1. The van der Waals surface area contributed by atoms with E-state index in [0.717, 1.165) is 49.5 Å².